The molecule has 34 heavy (non-hydrogen) atoms. The number of likely N-dealkylation sites (N-methyl/N-ethyl adjacent to an activating group) is 1. The van der Waals surface area contributed by atoms with Gasteiger partial charge in [-0.05, 0) is 63.4 Å². The monoisotopic (exact) mass is 462 g/mol. The number of piperidine rings is 1. The molecular formula is C28H34N2O4. The molecule has 5 atom stereocenters. The Hall–Kier alpha value is -2.57. The number of rotatable bonds is 4. The van der Waals surface area contributed by atoms with E-state index in [1.165, 1.54) is 16.7 Å². The number of phenols is 1. The van der Waals surface area contributed by atoms with E-state index in [4.69, 9.17) is 4.74 Å². The SMILES string of the molecule is Cc1cccc(CCC(=O)N(C)C2CC3Oc4c(O)ccc5c4[C@@]34CCN(C)[C@H](C5)[C@]4(O)C2)c1. The van der Waals surface area contributed by atoms with Crippen LogP contribution in [-0.4, -0.2) is 70.3 Å². The molecule has 4 aliphatic rings. The fourth-order valence-corrected chi connectivity index (χ4v) is 7.55. The first-order valence-electron chi connectivity index (χ1n) is 12.5. The van der Waals surface area contributed by atoms with Gasteiger partial charge in [0.2, 0.25) is 5.91 Å². The Bertz CT molecular complexity index is 1170. The van der Waals surface area contributed by atoms with Crippen molar-refractivity contribution in [2.24, 2.45) is 0 Å². The lowest BCUT2D eigenvalue weighted by atomic mass is 9.48. The van der Waals surface area contributed by atoms with Crippen molar-refractivity contribution in [2.75, 3.05) is 20.6 Å². The largest absolute Gasteiger partial charge is 0.504 e. The quantitative estimate of drug-likeness (QED) is 0.731. The lowest BCUT2D eigenvalue weighted by Crippen LogP contribution is -2.77. The van der Waals surface area contributed by atoms with Crippen molar-refractivity contribution in [3.05, 3.63) is 58.7 Å². The van der Waals surface area contributed by atoms with Gasteiger partial charge in [-0.3, -0.25) is 4.79 Å². The maximum atomic E-state index is 13.2. The molecule has 2 aliphatic carbocycles. The van der Waals surface area contributed by atoms with Crippen molar-refractivity contribution in [3.8, 4) is 11.5 Å². The molecule has 2 bridgehead atoms. The van der Waals surface area contributed by atoms with Gasteiger partial charge in [-0.25, -0.2) is 0 Å². The van der Waals surface area contributed by atoms with Crippen LogP contribution in [0, 0.1) is 6.92 Å². The minimum Gasteiger partial charge on any atom is -0.504 e. The summed E-state index contributed by atoms with van der Waals surface area (Å²) >= 11 is 0. The van der Waals surface area contributed by atoms with Crippen LogP contribution in [-0.2, 0) is 23.1 Å². The molecule has 2 fully saturated rings. The van der Waals surface area contributed by atoms with Crippen LogP contribution >= 0.6 is 0 Å². The summed E-state index contributed by atoms with van der Waals surface area (Å²) in [5.74, 6) is 0.804. The van der Waals surface area contributed by atoms with Crippen LogP contribution in [0.3, 0.4) is 0 Å². The molecule has 2 heterocycles. The average molecular weight is 463 g/mol. The number of aliphatic hydroxyl groups is 1. The molecule has 0 aromatic heterocycles. The number of carbonyl (C=O) groups excluding carboxylic acids is 1. The Morgan fingerprint density at radius 2 is 2.12 bits per heavy atom. The number of aryl methyl sites for hydroxylation is 2. The zero-order valence-electron chi connectivity index (χ0n) is 20.3. The number of likely N-dealkylation sites (tertiary alicyclic amines) is 1. The van der Waals surface area contributed by atoms with Gasteiger partial charge in [0, 0.05) is 37.5 Å². The van der Waals surface area contributed by atoms with Gasteiger partial charge in [-0.15, -0.1) is 0 Å². The number of carbonyl (C=O) groups is 1. The van der Waals surface area contributed by atoms with Crippen molar-refractivity contribution in [1.29, 1.82) is 0 Å². The molecule has 180 valence electrons. The number of hydrogen-bond acceptors (Lipinski definition) is 5. The smallest absolute Gasteiger partial charge is 0.222 e. The summed E-state index contributed by atoms with van der Waals surface area (Å²) in [6, 6.07) is 11.9. The maximum absolute atomic E-state index is 13.2. The molecule has 0 radical (unpaired) electrons. The van der Waals surface area contributed by atoms with Gasteiger partial charge in [-0.1, -0.05) is 35.9 Å². The molecule has 6 nitrogen and oxygen atoms in total. The van der Waals surface area contributed by atoms with E-state index in [0.717, 1.165) is 24.9 Å². The van der Waals surface area contributed by atoms with Crippen molar-refractivity contribution in [2.45, 2.75) is 74.7 Å². The summed E-state index contributed by atoms with van der Waals surface area (Å²) in [4.78, 5) is 17.4. The Morgan fingerprint density at radius 3 is 2.91 bits per heavy atom. The second-order valence-electron chi connectivity index (χ2n) is 11.0. The van der Waals surface area contributed by atoms with E-state index >= 15 is 0 Å². The molecule has 2 aromatic carbocycles. The molecule has 2 N–H and O–H groups in total. The van der Waals surface area contributed by atoms with E-state index in [2.05, 4.69) is 37.1 Å². The summed E-state index contributed by atoms with van der Waals surface area (Å²) < 4.78 is 6.45. The van der Waals surface area contributed by atoms with Crippen molar-refractivity contribution in [3.63, 3.8) is 0 Å². The molecule has 6 heteroatoms. The van der Waals surface area contributed by atoms with Crippen LogP contribution < -0.4 is 4.74 Å². The van der Waals surface area contributed by atoms with E-state index in [1.807, 2.05) is 24.1 Å². The van der Waals surface area contributed by atoms with Crippen LogP contribution in [0.5, 0.6) is 11.5 Å². The number of phenolic OH excluding ortho intramolecular Hbond substituents is 1. The Morgan fingerprint density at radius 1 is 1.29 bits per heavy atom. The normalized spacial score (nSPS) is 33.2. The van der Waals surface area contributed by atoms with Crippen LogP contribution in [0.25, 0.3) is 0 Å². The van der Waals surface area contributed by atoms with Crippen molar-refractivity contribution in [1.82, 2.24) is 9.80 Å². The predicted octanol–water partition coefficient (Wildman–Crippen LogP) is 2.94. The van der Waals surface area contributed by atoms with E-state index < -0.39 is 11.0 Å². The second-order valence-corrected chi connectivity index (χ2v) is 11.0. The minimum atomic E-state index is -1.01. The Balaban J connectivity index is 1.30. The lowest BCUT2D eigenvalue weighted by molar-refractivity contribution is -0.194. The summed E-state index contributed by atoms with van der Waals surface area (Å²) in [6.07, 6.45) is 3.62. The van der Waals surface area contributed by atoms with Crippen molar-refractivity contribution >= 4 is 5.91 Å². The molecule has 1 spiro atoms. The van der Waals surface area contributed by atoms with E-state index in [-0.39, 0.29) is 29.8 Å². The number of amides is 1. The zero-order chi connectivity index (χ0) is 23.8. The predicted molar refractivity (Wildman–Crippen MR) is 129 cm³/mol. The van der Waals surface area contributed by atoms with Crippen molar-refractivity contribution < 1.29 is 19.7 Å². The Kier molecular flexibility index (Phi) is 4.81. The third-order valence-corrected chi connectivity index (χ3v) is 9.29. The van der Waals surface area contributed by atoms with Gasteiger partial charge >= 0.3 is 0 Å². The van der Waals surface area contributed by atoms with Gasteiger partial charge in [0.15, 0.2) is 11.5 Å². The number of benzene rings is 2. The fourth-order valence-electron chi connectivity index (χ4n) is 7.55. The summed E-state index contributed by atoms with van der Waals surface area (Å²) in [5.41, 5.74) is 3.04. The van der Waals surface area contributed by atoms with Gasteiger partial charge in [0.25, 0.3) is 0 Å². The van der Waals surface area contributed by atoms with Crippen LogP contribution in [0.2, 0.25) is 0 Å². The van der Waals surface area contributed by atoms with Gasteiger partial charge in [-0.2, -0.15) is 0 Å². The first kappa shape index (κ1) is 21.9. The van der Waals surface area contributed by atoms with Gasteiger partial charge < -0.3 is 24.7 Å². The Labute approximate surface area is 201 Å². The molecule has 1 saturated carbocycles. The molecule has 2 aromatic rings. The van der Waals surface area contributed by atoms with Crippen LogP contribution in [0.15, 0.2) is 36.4 Å². The maximum Gasteiger partial charge on any atom is 0.222 e. The number of aromatic hydroxyl groups is 1. The topological polar surface area (TPSA) is 73.2 Å². The van der Waals surface area contributed by atoms with E-state index in [9.17, 15) is 15.0 Å². The summed E-state index contributed by atoms with van der Waals surface area (Å²) in [7, 11) is 3.96. The highest BCUT2D eigenvalue weighted by molar-refractivity contribution is 5.76. The third kappa shape index (κ3) is 2.85. The van der Waals surface area contributed by atoms with Gasteiger partial charge in [0.05, 0.1) is 11.0 Å². The highest BCUT2D eigenvalue weighted by atomic mass is 16.5. The fraction of sp³-hybridized carbons (Fsp3) is 0.536. The number of nitrogens with zero attached hydrogens (tertiary/aromatic N) is 2. The summed E-state index contributed by atoms with van der Waals surface area (Å²) in [5, 5.41) is 23.1. The second kappa shape index (κ2) is 7.46. The molecule has 2 aliphatic heterocycles. The highest BCUT2D eigenvalue weighted by Gasteiger charge is 2.72. The van der Waals surface area contributed by atoms with Crippen LogP contribution in [0.1, 0.15) is 47.9 Å². The average Bonchev–Trinajstić information content (AvgIpc) is 3.15. The van der Waals surface area contributed by atoms with E-state index in [1.54, 1.807) is 6.07 Å². The van der Waals surface area contributed by atoms with E-state index in [0.29, 0.717) is 31.4 Å². The molecular weight excluding hydrogens is 428 g/mol. The number of ether oxygens (including phenoxy) is 1. The zero-order valence-corrected chi connectivity index (χ0v) is 20.3. The minimum absolute atomic E-state index is 0.0334. The standard InChI is InChI=1S/C28H34N2O4/c1-17-5-4-6-18(13-17)7-10-24(32)30(3)20-15-23-27-11-12-29(2)22(28(27,33)16-20)14-19-8-9-21(31)26(34-23)25(19)27/h4-6,8-9,13,20,22-23,31,33H,7,10-12,14-16H2,1-3H3/t20?,22-,23?,27-,28-/m1/s1. The molecule has 1 saturated heterocycles. The van der Waals surface area contributed by atoms with Gasteiger partial charge in [0.1, 0.15) is 6.10 Å². The first-order valence-corrected chi connectivity index (χ1v) is 12.5. The summed E-state index contributed by atoms with van der Waals surface area (Å²) in [6.45, 7) is 2.95. The molecule has 2 unspecified atom stereocenters. The lowest BCUT2D eigenvalue weighted by Gasteiger charge is -2.64. The molecule has 6 rings (SSSR count). The third-order valence-electron chi connectivity index (χ3n) is 9.29. The van der Waals surface area contributed by atoms with Crippen LogP contribution in [0.4, 0.5) is 0 Å². The first-order chi connectivity index (χ1) is 16.2. The number of hydrogen-bond donors (Lipinski definition) is 2. The molecule has 1 amide bonds. The highest BCUT2D eigenvalue weighted by Crippen LogP contribution is 2.65.